The van der Waals surface area contributed by atoms with Crippen LogP contribution in [-0.2, 0) is 4.79 Å². The molecule has 0 bridgehead atoms. The standard InChI is InChI=1S/C18H22N2O2/c1-12-5-8-15(9-6-12)20-18(21)14(3)19-16-11-13(2)7-10-17(16)22-4/h5-11,14,19H,1-4H3,(H,20,21)/t14-/m1/s1. The van der Waals surface area contributed by atoms with E-state index in [1.54, 1.807) is 7.11 Å². The van der Waals surface area contributed by atoms with E-state index in [1.807, 2.05) is 63.2 Å². The van der Waals surface area contributed by atoms with Gasteiger partial charge in [0.1, 0.15) is 11.8 Å². The van der Waals surface area contributed by atoms with Crippen LogP contribution in [0.2, 0.25) is 0 Å². The van der Waals surface area contributed by atoms with Crippen molar-refractivity contribution in [2.75, 3.05) is 17.7 Å². The molecule has 116 valence electrons. The van der Waals surface area contributed by atoms with E-state index >= 15 is 0 Å². The Bertz CT molecular complexity index is 651. The summed E-state index contributed by atoms with van der Waals surface area (Å²) in [4.78, 5) is 12.3. The minimum atomic E-state index is -0.378. The SMILES string of the molecule is COc1ccc(C)cc1N[C@H](C)C(=O)Nc1ccc(C)cc1. The molecule has 0 saturated heterocycles. The average molecular weight is 298 g/mol. The molecule has 0 heterocycles. The molecule has 2 aromatic carbocycles. The highest BCUT2D eigenvalue weighted by atomic mass is 16.5. The van der Waals surface area contributed by atoms with Crippen LogP contribution in [0.4, 0.5) is 11.4 Å². The van der Waals surface area contributed by atoms with E-state index in [4.69, 9.17) is 4.74 Å². The number of amides is 1. The number of hydrogen-bond donors (Lipinski definition) is 2. The van der Waals surface area contributed by atoms with E-state index < -0.39 is 0 Å². The van der Waals surface area contributed by atoms with Crippen LogP contribution >= 0.6 is 0 Å². The van der Waals surface area contributed by atoms with Crippen molar-refractivity contribution in [3.8, 4) is 5.75 Å². The van der Waals surface area contributed by atoms with E-state index in [1.165, 1.54) is 0 Å². The van der Waals surface area contributed by atoms with E-state index in [9.17, 15) is 4.79 Å². The van der Waals surface area contributed by atoms with Crippen molar-refractivity contribution in [2.24, 2.45) is 0 Å². The summed E-state index contributed by atoms with van der Waals surface area (Å²) in [5, 5.41) is 6.10. The Hall–Kier alpha value is -2.49. The normalized spacial score (nSPS) is 11.6. The number of methoxy groups -OCH3 is 1. The first-order valence-corrected chi connectivity index (χ1v) is 7.28. The fraction of sp³-hybridized carbons (Fsp3) is 0.278. The van der Waals surface area contributed by atoms with Gasteiger partial charge in [0.25, 0.3) is 0 Å². The molecule has 0 radical (unpaired) electrons. The smallest absolute Gasteiger partial charge is 0.246 e. The van der Waals surface area contributed by atoms with Crippen molar-refractivity contribution in [1.82, 2.24) is 0 Å². The molecule has 2 N–H and O–H groups in total. The van der Waals surface area contributed by atoms with E-state index in [0.29, 0.717) is 0 Å². The summed E-state index contributed by atoms with van der Waals surface area (Å²) >= 11 is 0. The number of ether oxygens (including phenoxy) is 1. The number of aryl methyl sites for hydroxylation is 2. The summed E-state index contributed by atoms with van der Waals surface area (Å²) < 4.78 is 5.32. The average Bonchev–Trinajstić information content (AvgIpc) is 2.49. The van der Waals surface area contributed by atoms with E-state index in [0.717, 1.165) is 28.3 Å². The molecule has 0 aliphatic carbocycles. The van der Waals surface area contributed by atoms with E-state index in [-0.39, 0.29) is 11.9 Å². The Morgan fingerprint density at radius 2 is 1.68 bits per heavy atom. The largest absolute Gasteiger partial charge is 0.495 e. The summed E-state index contributed by atoms with van der Waals surface area (Å²) in [6.07, 6.45) is 0. The van der Waals surface area contributed by atoms with Crippen LogP contribution in [-0.4, -0.2) is 19.1 Å². The lowest BCUT2D eigenvalue weighted by molar-refractivity contribution is -0.116. The first-order chi connectivity index (χ1) is 10.5. The predicted molar refractivity (Wildman–Crippen MR) is 90.6 cm³/mol. The van der Waals surface area contributed by atoms with Gasteiger partial charge in [0.15, 0.2) is 0 Å². The first kappa shape index (κ1) is 15.9. The fourth-order valence-corrected chi connectivity index (χ4v) is 2.12. The minimum Gasteiger partial charge on any atom is -0.495 e. The van der Waals surface area contributed by atoms with Gasteiger partial charge in [0.05, 0.1) is 12.8 Å². The lowest BCUT2D eigenvalue weighted by atomic mass is 10.2. The lowest BCUT2D eigenvalue weighted by Crippen LogP contribution is -2.32. The Morgan fingerprint density at radius 3 is 2.32 bits per heavy atom. The molecule has 1 atom stereocenters. The van der Waals surface area contributed by atoms with Crippen molar-refractivity contribution in [2.45, 2.75) is 26.8 Å². The van der Waals surface area contributed by atoms with Gasteiger partial charge >= 0.3 is 0 Å². The van der Waals surface area contributed by atoms with Crippen molar-refractivity contribution in [3.63, 3.8) is 0 Å². The summed E-state index contributed by atoms with van der Waals surface area (Å²) in [6, 6.07) is 13.2. The molecular formula is C18H22N2O2. The third kappa shape index (κ3) is 4.01. The third-order valence-electron chi connectivity index (χ3n) is 3.44. The summed E-state index contributed by atoms with van der Waals surface area (Å²) in [5.74, 6) is 0.632. The number of benzene rings is 2. The van der Waals surface area contributed by atoms with Crippen LogP contribution in [0, 0.1) is 13.8 Å². The number of nitrogens with one attached hydrogen (secondary N) is 2. The molecular weight excluding hydrogens is 276 g/mol. The molecule has 4 nitrogen and oxygen atoms in total. The molecule has 22 heavy (non-hydrogen) atoms. The molecule has 1 amide bonds. The number of carbonyl (C=O) groups is 1. The second kappa shape index (κ2) is 6.98. The number of hydrogen-bond acceptors (Lipinski definition) is 3. The first-order valence-electron chi connectivity index (χ1n) is 7.28. The van der Waals surface area contributed by atoms with Crippen molar-refractivity contribution >= 4 is 17.3 Å². The molecule has 4 heteroatoms. The molecule has 0 saturated carbocycles. The van der Waals surface area contributed by atoms with Gasteiger partial charge in [-0.15, -0.1) is 0 Å². The van der Waals surface area contributed by atoms with Gasteiger partial charge in [-0.1, -0.05) is 23.8 Å². The van der Waals surface area contributed by atoms with Gasteiger partial charge in [0, 0.05) is 5.69 Å². The van der Waals surface area contributed by atoms with Crippen LogP contribution < -0.4 is 15.4 Å². The maximum Gasteiger partial charge on any atom is 0.246 e. The molecule has 0 aliphatic rings. The van der Waals surface area contributed by atoms with Gasteiger partial charge in [-0.2, -0.15) is 0 Å². The molecule has 2 aromatic rings. The maximum atomic E-state index is 12.3. The molecule has 2 rings (SSSR count). The summed E-state index contributed by atoms with van der Waals surface area (Å²) in [7, 11) is 1.62. The topological polar surface area (TPSA) is 50.4 Å². The number of carbonyl (C=O) groups excluding carboxylic acids is 1. The second-order valence-corrected chi connectivity index (χ2v) is 5.43. The molecule has 0 aliphatic heterocycles. The quantitative estimate of drug-likeness (QED) is 0.884. The maximum absolute atomic E-state index is 12.3. The molecule has 0 unspecified atom stereocenters. The second-order valence-electron chi connectivity index (χ2n) is 5.43. The Morgan fingerprint density at radius 1 is 1.05 bits per heavy atom. The monoisotopic (exact) mass is 298 g/mol. The van der Waals surface area contributed by atoms with Crippen LogP contribution in [0.25, 0.3) is 0 Å². The number of rotatable bonds is 5. The highest BCUT2D eigenvalue weighted by Crippen LogP contribution is 2.26. The molecule has 0 spiro atoms. The zero-order valence-corrected chi connectivity index (χ0v) is 13.4. The minimum absolute atomic E-state index is 0.0904. The van der Waals surface area contributed by atoms with Gasteiger partial charge in [-0.3, -0.25) is 4.79 Å². The number of anilines is 2. The lowest BCUT2D eigenvalue weighted by Gasteiger charge is -2.18. The van der Waals surface area contributed by atoms with Crippen molar-refractivity contribution in [3.05, 3.63) is 53.6 Å². The Balaban J connectivity index is 2.05. The van der Waals surface area contributed by atoms with Crippen LogP contribution in [0.3, 0.4) is 0 Å². The van der Waals surface area contributed by atoms with Crippen LogP contribution in [0.5, 0.6) is 5.75 Å². The zero-order chi connectivity index (χ0) is 16.1. The third-order valence-corrected chi connectivity index (χ3v) is 3.44. The van der Waals surface area contributed by atoms with Gasteiger partial charge in [0.2, 0.25) is 5.91 Å². The molecule has 0 fully saturated rings. The van der Waals surface area contributed by atoms with Gasteiger partial charge in [-0.05, 0) is 50.6 Å². The summed E-state index contributed by atoms with van der Waals surface area (Å²) in [6.45, 7) is 5.84. The van der Waals surface area contributed by atoms with E-state index in [2.05, 4.69) is 10.6 Å². The highest BCUT2D eigenvalue weighted by molar-refractivity contribution is 5.96. The van der Waals surface area contributed by atoms with Crippen molar-refractivity contribution in [1.29, 1.82) is 0 Å². The van der Waals surface area contributed by atoms with Crippen LogP contribution in [0.15, 0.2) is 42.5 Å². The predicted octanol–water partition coefficient (Wildman–Crippen LogP) is 3.75. The van der Waals surface area contributed by atoms with Crippen LogP contribution in [0.1, 0.15) is 18.1 Å². The highest BCUT2D eigenvalue weighted by Gasteiger charge is 2.15. The van der Waals surface area contributed by atoms with Gasteiger partial charge in [-0.25, -0.2) is 0 Å². The molecule has 0 aromatic heterocycles. The summed E-state index contributed by atoms with van der Waals surface area (Å²) in [5.41, 5.74) is 3.87. The zero-order valence-electron chi connectivity index (χ0n) is 13.4. The Kier molecular flexibility index (Phi) is 5.04. The van der Waals surface area contributed by atoms with Crippen molar-refractivity contribution < 1.29 is 9.53 Å². The fourth-order valence-electron chi connectivity index (χ4n) is 2.12. The van der Waals surface area contributed by atoms with Gasteiger partial charge < -0.3 is 15.4 Å². The Labute approximate surface area is 131 Å².